The standard InChI is InChI=1S/C22H40N4O2/c1-3-23-20(25-14-10-21(17-25)11-15-28-18-21)24-16-22(8-4-5-9-22)26-12-6-19(27-2)7-13-26/h19H,3-18H2,1-2H3,(H,23,24). The first-order valence-electron chi connectivity index (χ1n) is 11.6. The van der Waals surface area contributed by atoms with E-state index in [2.05, 4.69) is 22.0 Å². The Morgan fingerprint density at radius 2 is 1.93 bits per heavy atom. The van der Waals surface area contributed by atoms with E-state index in [0.717, 1.165) is 71.3 Å². The molecule has 160 valence electrons. The highest BCUT2D eigenvalue weighted by Crippen LogP contribution is 2.39. The van der Waals surface area contributed by atoms with E-state index in [1.165, 1.54) is 38.5 Å². The molecule has 1 spiro atoms. The minimum absolute atomic E-state index is 0.271. The number of hydrogen-bond acceptors (Lipinski definition) is 4. The number of nitrogens with one attached hydrogen (secondary N) is 1. The molecule has 1 N–H and O–H groups in total. The highest BCUT2D eigenvalue weighted by molar-refractivity contribution is 5.80. The lowest BCUT2D eigenvalue weighted by Gasteiger charge is -2.44. The van der Waals surface area contributed by atoms with Crippen molar-refractivity contribution in [1.82, 2.24) is 15.1 Å². The van der Waals surface area contributed by atoms with Gasteiger partial charge in [-0.3, -0.25) is 9.89 Å². The third-order valence-electron chi connectivity index (χ3n) is 7.76. The summed E-state index contributed by atoms with van der Waals surface area (Å²) >= 11 is 0. The maximum atomic E-state index is 5.72. The second kappa shape index (κ2) is 8.88. The Bertz CT molecular complexity index is 533. The molecular formula is C22H40N4O2. The van der Waals surface area contributed by atoms with Gasteiger partial charge in [0.25, 0.3) is 0 Å². The number of hydrogen-bond donors (Lipinski definition) is 1. The second-order valence-electron chi connectivity index (χ2n) is 9.50. The van der Waals surface area contributed by atoms with Gasteiger partial charge in [0, 0.05) is 57.4 Å². The predicted molar refractivity (Wildman–Crippen MR) is 113 cm³/mol. The molecule has 6 nitrogen and oxygen atoms in total. The van der Waals surface area contributed by atoms with Crippen molar-refractivity contribution >= 4 is 5.96 Å². The Morgan fingerprint density at radius 3 is 2.57 bits per heavy atom. The normalized spacial score (nSPS) is 31.9. The summed E-state index contributed by atoms with van der Waals surface area (Å²) in [4.78, 5) is 10.5. The van der Waals surface area contributed by atoms with Crippen LogP contribution in [0.3, 0.4) is 0 Å². The first-order valence-corrected chi connectivity index (χ1v) is 11.6. The molecule has 0 aromatic rings. The molecule has 1 atom stereocenters. The van der Waals surface area contributed by atoms with Crippen molar-refractivity contribution in [3.05, 3.63) is 0 Å². The number of nitrogens with zero attached hydrogens (tertiary/aromatic N) is 3. The van der Waals surface area contributed by atoms with Gasteiger partial charge in [0.15, 0.2) is 5.96 Å². The number of ether oxygens (including phenoxy) is 2. The van der Waals surface area contributed by atoms with Gasteiger partial charge in [-0.1, -0.05) is 12.8 Å². The zero-order valence-corrected chi connectivity index (χ0v) is 18.0. The molecule has 1 saturated carbocycles. The van der Waals surface area contributed by atoms with Crippen LogP contribution in [0.5, 0.6) is 0 Å². The average molecular weight is 393 g/mol. The van der Waals surface area contributed by atoms with Gasteiger partial charge in [-0.2, -0.15) is 0 Å². The summed E-state index contributed by atoms with van der Waals surface area (Å²) in [6, 6.07) is 0. The van der Waals surface area contributed by atoms with E-state index in [9.17, 15) is 0 Å². The maximum Gasteiger partial charge on any atom is 0.194 e. The van der Waals surface area contributed by atoms with Crippen LogP contribution in [0.25, 0.3) is 0 Å². The van der Waals surface area contributed by atoms with Crippen molar-refractivity contribution in [2.24, 2.45) is 10.4 Å². The van der Waals surface area contributed by atoms with Crippen LogP contribution < -0.4 is 5.32 Å². The monoisotopic (exact) mass is 392 g/mol. The number of guanidine groups is 1. The van der Waals surface area contributed by atoms with Crippen LogP contribution in [0.15, 0.2) is 4.99 Å². The van der Waals surface area contributed by atoms with Crippen LogP contribution in [0, 0.1) is 5.41 Å². The SMILES string of the molecule is CCNC(=NCC1(N2CCC(OC)CC2)CCCC1)N1CCC2(CCOC2)C1. The smallest absolute Gasteiger partial charge is 0.194 e. The molecule has 0 radical (unpaired) electrons. The molecule has 1 aliphatic carbocycles. The van der Waals surface area contributed by atoms with Crippen LogP contribution in [-0.2, 0) is 9.47 Å². The first-order chi connectivity index (χ1) is 13.7. The van der Waals surface area contributed by atoms with Gasteiger partial charge in [0.2, 0.25) is 0 Å². The molecule has 4 fully saturated rings. The predicted octanol–water partition coefficient (Wildman–Crippen LogP) is 2.49. The molecule has 0 aromatic carbocycles. The third-order valence-corrected chi connectivity index (χ3v) is 7.76. The van der Waals surface area contributed by atoms with Crippen molar-refractivity contribution in [2.75, 3.05) is 59.6 Å². The molecule has 0 amide bonds. The molecule has 4 rings (SSSR count). The van der Waals surface area contributed by atoms with Crippen LogP contribution in [0.4, 0.5) is 0 Å². The lowest BCUT2D eigenvalue weighted by molar-refractivity contribution is -0.000121. The van der Waals surface area contributed by atoms with Gasteiger partial charge in [0.05, 0.1) is 19.3 Å². The topological polar surface area (TPSA) is 49.3 Å². The summed E-state index contributed by atoms with van der Waals surface area (Å²) < 4.78 is 11.3. The number of rotatable bonds is 5. The fourth-order valence-electron chi connectivity index (χ4n) is 5.91. The molecule has 3 heterocycles. The number of likely N-dealkylation sites (tertiary alicyclic amines) is 2. The Hall–Kier alpha value is -0.850. The van der Waals surface area contributed by atoms with Crippen molar-refractivity contribution in [3.8, 4) is 0 Å². The Labute approximate surface area is 171 Å². The van der Waals surface area contributed by atoms with Crippen molar-refractivity contribution in [1.29, 1.82) is 0 Å². The fourth-order valence-corrected chi connectivity index (χ4v) is 5.91. The zero-order chi connectivity index (χ0) is 19.5. The highest BCUT2D eigenvalue weighted by atomic mass is 16.5. The maximum absolute atomic E-state index is 5.72. The van der Waals surface area contributed by atoms with E-state index in [1.807, 2.05) is 7.11 Å². The van der Waals surface area contributed by atoms with Crippen LogP contribution in [0.2, 0.25) is 0 Å². The summed E-state index contributed by atoms with van der Waals surface area (Å²) in [6.07, 6.45) is 10.5. The molecular weight excluding hydrogens is 352 g/mol. The van der Waals surface area contributed by atoms with E-state index in [1.54, 1.807) is 0 Å². The summed E-state index contributed by atoms with van der Waals surface area (Å²) in [6.45, 7) is 10.5. The van der Waals surface area contributed by atoms with Crippen LogP contribution >= 0.6 is 0 Å². The lowest BCUT2D eigenvalue weighted by Crippen LogP contribution is -2.54. The van der Waals surface area contributed by atoms with E-state index in [-0.39, 0.29) is 5.54 Å². The molecule has 0 bridgehead atoms. The first kappa shape index (κ1) is 20.4. The van der Waals surface area contributed by atoms with E-state index >= 15 is 0 Å². The average Bonchev–Trinajstić information content (AvgIpc) is 3.48. The quantitative estimate of drug-likeness (QED) is 0.575. The molecule has 1 unspecified atom stereocenters. The number of piperidine rings is 1. The van der Waals surface area contributed by atoms with Crippen LogP contribution in [0.1, 0.15) is 58.3 Å². The van der Waals surface area contributed by atoms with Gasteiger partial charge in [-0.25, -0.2) is 0 Å². The summed E-state index contributed by atoms with van der Waals surface area (Å²) in [5, 5.41) is 3.59. The van der Waals surface area contributed by atoms with E-state index < -0.39 is 0 Å². The molecule has 28 heavy (non-hydrogen) atoms. The van der Waals surface area contributed by atoms with Gasteiger partial charge in [-0.15, -0.1) is 0 Å². The zero-order valence-electron chi connectivity index (χ0n) is 18.0. The van der Waals surface area contributed by atoms with Gasteiger partial charge in [-0.05, 0) is 45.4 Å². The summed E-state index contributed by atoms with van der Waals surface area (Å²) in [7, 11) is 1.86. The highest BCUT2D eigenvalue weighted by Gasteiger charge is 2.43. The van der Waals surface area contributed by atoms with Gasteiger partial charge >= 0.3 is 0 Å². The minimum atomic E-state index is 0.271. The lowest BCUT2D eigenvalue weighted by atomic mass is 9.87. The third kappa shape index (κ3) is 4.19. The number of methoxy groups -OCH3 is 1. The van der Waals surface area contributed by atoms with Gasteiger partial charge < -0.3 is 19.7 Å². The summed E-state index contributed by atoms with van der Waals surface area (Å²) in [5.74, 6) is 1.13. The van der Waals surface area contributed by atoms with E-state index in [0.29, 0.717) is 11.5 Å². The van der Waals surface area contributed by atoms with Crippen molar-refractivity contribution in [3.63, 3.8) is 0 Å². The largest absolute Gasteiger partial charge is 0.381 e. The molecule has 0 aromatic heterocycles. The Kier molecular flexibility index (Phi) is 6.48. The van der Waals surface area contributed by atoms with Crippen LogP contribution in [-0.4, -0.2) is 87.0 Å². The molecule has 3 aliphatic heterocycles. The minimum Gasteiger partial charge on any atom is -0.381 e. The van der Waals surface area contributed by atoms with Gasteiger partial charge in [0.1, 0.15) is 0 Å². The Morgan fingerprint density at radius 1 is 1.14 bits per heavy atom. The van der Waals surface area contributed by atoms with Crippen molar-refractivity contribution < 1.29 is 9.47 Å². The second-order valence-corrected chi connectivity index (χ2v) is 9.50. The van der Waals surface area contributed by atoms with Crippen molar-refractivity contribution in [2.45, 2.75) is 69.9 Å². The molecule has 6 heteroatoms. The van der Waals surface area contributed by atoms with E-state index in [4.69, 9.17) is 14.5 Å². The Balaban J connectivity index is 1.44. The fraction of sp³-hybridized carbons (Fsp3) is 0.955. The molecule has 3 saturated heterocycles. The molecule has 4 aliphatic rings. The number of aliphatic imine (C=N–C) groups is 1. The summed E-state index contributed by atoms with van der Waals surface area (Å²) in [5.41, 5.74) is 0.649.